The predicted octanol–water partition coefficient (Wildman–Crippen LogP) is 3.24. The van der Waals surface area contributed by atoms with Crippen molar-refractivity contribution in [2.45, 2.75) is 19.9 Å². The van der Waals surface area contributed by atoms with Crippen molar-refractivity contribution in [1.82, 2.24) is 10.3 Å². The summed E-state index contributed by atoms with van der Waals surface area (Å²) in [5, 5.41) is 3.32. The van der Waals surface area contributed by atoms with Crippen molar-refractivity contribution in [3.63, 3.8) is 0 Å². The maximum atomic E-state index is 14.5. The summed E-state index contributed by atoms with van der Waals surface area (Å²) in [5.41, 5.74) is 2.63. The Kier molecular flexibility index (Phi) is 4.69. The second-order valence-electron chi connectivity index (χ2n) is 4.59. The number of halogens is 1. The van der Waals surface area contributed by atoms with Gasteiger partial charge in [-0.2, -0.15) is 0 Å². The Labute approximate surface area is 118 Å². The minimum absolute atomic E-state index is 0.210. The lowest BCUT2D eigenvalue weighted by molar-refractivity contribution is 0.381. The van der Waals surface area contributed by atoms with Crippen molar-refractivity contribution in [2.75, 3.05) is 13.7 Å². The molecule has 0 saturated carbocycles. The second kappa shape index (κ2) is 6.48. The number of aromatic nitrogens is 1. The zero-order valence-electron chi connectivity index (χ0n) is 12.0. The van der Waals surface area contributed by atoms with Crippen LogP contribution in [0.1, 0.15) is 29.7 Å². The van der Waals surface area contributed by atoms with E-state index in [9.17, 15) is 4.39 Å². The third-order valence-corrected chi connectivity index (χ3v) is 3.31. The van der Waals surface area contributed by atoms with Crippen LogP contribution in [0, 0.1) is 12.7 Å². The van der Waals surface area contributed by atoms with Gasteiger partial charge in [-0.25, -0.2) is 4.39 Å². The third kappa shape index (κ3) is 2.80. The fourth-order valence-electron chi connectivity index (χ4n) is 2.31. The molecule has 1 N–H and O–H groups in total. The van der Waals surface area contributed by atoms with Crippen molar-refractivity contribution in [3.8, 4) is 5.75 Å². The smallest absolute Gasteiger partial charge is 0.170 e. The molecule has 106 valence electrons. The third-order valence-electron chi connectivity index (χ3n) is 3.31. The van der Waals surface area contributed by atoms with E-state index in [1.54, 1.807) is 30.6 Å². The summed E-state index contributed by atoms with van der Waals surface area (Å²) < 4.78 is 19.5. The van der Waals surface area contributed by atoms with Crippen LogP contribution in [0.3, 0.4) is 0 Å². The summed E-state index contributed by atoms with van der Waals surface area (Å²) in [4.78, 5) is 4.09. The fraction of sp³-hybridized carbons (Fsp3) is 0.312. The summed E-state index contributed by atoms with van der Waals surface area (Å²) >= 11 is 0. The highest BCUT2D eigenvalue weighted by Gasteiger charge is 2.20. The molecule has 2 aromatic rings. The Morgan fingerprint density at radius 3 is 2.75 bits per heavy atom. The van der Waals surface area contributed by atoms with Crippen molar-refractivity contribution >= 4 is 0 Å². The SMILES string of the molecule is CCNC(c1ccncc1C)c1cccc(OC)c1F. The van der Waals surface area contributed by atoms with Crippen LogP contribution in [0.15, 0.2) is 36.7 Å². The highest BCUT2D eigenvalue weighted by Crippen LogP contribution is 2.30. The maximum Gasteiger partial charge on any atom is 0.170 e. The van der Waals surface area contributed by atoms with E-state index < -0.39 is 0 Å². The largest absolute Gasteiger partial charge is 0.494 e. The molecule has 1 aromatic heterocycles. The molecule has 0 aliphatic carbocycles. The summed E-state index contributed by atoms with van der Waals surface area (Å²) in [6, 6.07) is 6.92. The first kappa shape index (κ1) is 14.5. The predicted molar refractivity (Wildman–Crippen MR) is 77.4 cm³/mol. The molecule has 0 amide bonds. The van der Waals surface area contributed by atoms with Crippen LogP contribution in [0.25, 0.3) is 0 Å². The zero-order valence-corrected chi connectivity index (χ0v) is 12.0. The Morgan fingerprint density at radius 1 is 1.30 bits per heavy atom. The standard InChI is InChI=1S/C16H19FN2O/c1-4-19-16(12-8-9-18-10-11(12)2)13-6-5-7-14(20-3)15(13)17/h5-10,16,19H,4H2,1-3H3. The Bertz CT molecular complexity index is 586. The van der Waals surface area contributed by atoms with Crippen LogP contribution >= 0.6 is 0 Å². The average Bonchev–Trinajstić information content (AvgIpc) is 2.46. The number of hydrogen-bond donors (Lipinski definition) is 1. The number of aryl methyl sites for hydroxylation is 1. The van der Waals surface area contributed by atoms with Gasteiger partial charge in [0.15, 0.2) is 11.6 Å². The number of ether oxygens (including phenoxy) is 1. The monoisotopic (exact) mass is 274 g/mol. The summed E-state index contributed by atoms with van der Waals surface area (Å²) in [6.07, 6.45) is 3.52. The zero-order chi connectivity index (χ0) is 14.5. The minimum Gasteiger partial charge on any atom is -0.494 e. The van der Waals surface area contributed by atoms with Gasteiger partial charge in [-0.05, 0) is 36.7 Å². The summed E-state index contributed by atoms with van der Waals surface area (Å²) in [6.45, 7) is 4.72. The molecule has 3 nitrogen and oxygen atoms in total. The number of rotatable bonds is 5. The Balaban J connectivity index is 2.52. The van der Waals surface area contributed by atoms with E-state index in [0.29, 0.717) is 5.56 Å². The molecule has 0 bridgehead atoms. The number of benzene rings is 1. The van der Waals surface area contributed by atoms with Crippen LogP contribution in [0.5, 0.6) is 5.75 Å². The van der Waals surface area contributed by atoms with Crippen molar-refractivity contribution < 1.29 is 9.13 Å². The molecule has 0 aliphatic rings. The quantitative estimate of drug-likeness (QED) is 0.909. The number of nitrogens with one attached hydrogen (secondary N) is 1. The average molecular weight is 274 g/mol. The van der Waals surface area contributed by atoms with E-state index in [1.807, 2.05) is 19.9 Å². The van der Waals surface area contributed by atoms with Crippen molar-refractivity contribution in [1.29, 1.82) is 0 Å². The topological polar surface area (TPSA) is 34.2 Å². The molecule has 2 rings (SSSR count). The van der Waals surface area contributed by atoms with E-state index in [-0.39, 0.29) is 17.6 Å². The lowest BCUT2D eigenvalue weighted by Gasteiger charge is -2.21. The second-order valence-corrected chi connectivity index (χ2v) is 4.59. The van der Waals surface area contributed by atoms with Gasteiger partial charge in [0, 0.05) is 18.0 Å². The maximum absolute atomic E-state index is 14.5. The van der Waals surface area contributed by atoms with Gasteiger partial charge >= 0.3 is 0 Å². The van der Waals surface area contributed by atoms with Crippen LogP contribution < -0.4 is 10.1 Å². The molecule has 1 aromatic carbocycles. The van der Waals surface area contributed by atoms with Crippen LogP contribution in [-0.2, 0) is 0 Å². The number of methoxy groups -OCH3 is 1. The molecule has 0 fully saturated rings. The van der Waals surface area contributed by atoms with E-state index >= 15 is 0 Å². The van der Waals surface area contributed by atoms with Gasteiger partial charge in [0.2, 0.25) is 0 Å². The molecule has 1 unspecified atom stereocenters. The number of nitrogens with zero attached hydrogens (tertiary/aromatic N) is 1. The molecule has 20 heavy (non-hydrogen) atoms. The fourth-order valence-corrected chi connectivity index (χ4v) is 2.31. The first-order valence-electron chi connectivity index (χ1n) is 6.65. The molecule has 0 spiro atoms. The molecule has 0 aliphatic heterocycles. The van der Waals surface area contributed by atoms with E-state index in [4.69, 9.17) is 4.74 Å². The first-order chi connectivity index (χ1) is 9.69. The van der Waals surface area contributed by atoms with Crippen LogP contribution in [-0.4, -0.2) is 18.6 Å². The van der Waals surface area contributed by atoms with Gasteiger partial charge in [-0.3, -0.25) is 4.98 Å². The highest BCUT2D eigenvalue weighted by molar-refractivity contribution is 5.40. The molecule has 1 atom stereocenters. The summed E-state index contributed by atoms with van der Waals surface area (Å²) in [7, 11) is 1.47. The van der Waals surface area contributed by atoms with E-state index in [1.165, 1.54) is 7.11 Å². The molecule has 0 saturated heterocycles. The van der Waals surface area contributed by atoms with Gasteiger partial charge in [0.05, 0.1) is 13.2 Å². The number of pyridine rings is 1. The van der Waals surface area contributed by atoms with E-state index in [0.717, 1.165) is 17.7 Å². The van der Waals surface area contributed by atoms with Gasteiger partial charge in [0.1, 0.15) is 0 Å². The minimum atomic E-state index is -0.322. The highest BCUT2D eigenvalue weighted by atomic mass is 19.1. The molecule has 0 radical (unpaired) electrons. The summed E-state index contributed by atoms with van der Waals surface area (Å²) in [5.74, 6) is -0.0609. The van der Waals surface area contributed by atoms with E-state index in [2.05, 4.69) is 10.3 Å². The van der Waals surface area contributed by atoms with Crippen molar-refractivity contribution in [3.05, 3.63) is 59.2 Å². The molecular formula is C16H19FN2O. The lowest BCUT2D eigenvalue weighted by atomic mass is 9.95. The molecule has 1 heterocycles. The Morgan fingerprint density at radius 2 is 2.10 bits per heavy atom. The molecule has 4 heteroatoms. The molecular weight excluding hydrogens is 255 g/mol. The number of hydrogen-bond acceptors (Lipinski definition) is 3. The van der Waals surface area contributed by atoms with Crippen LogP contribution in [0.2, 0.25) is 0 Å². The van der Waals surface area contributed by atoms with Gasteiger partial charge in [-0.1, -0.05) is 19.1 Å². The van der Waals surface area contributed by atoms with Gasteiger partial charge < -0.3 is 10.1 Å². The normalized spacial score (nSPS) is 12.2. The lowest BCUT2D eigenvalue weighted by Crippen LogP contribution is -2.24. The van der Waals surface area contributed by atoms with Crippen molar-refractivity contribution in [2.24, 2.45) is 0 Å². The van der Waals surface area contributed by atoms with Gasteiger partial charge in [0.25, 0.3) is 0 Å². The Hall–Kier alpha value is -1.94. The van der Waals surface area contributed by atoms with Gasteiger partial charge in [-0.15, -0.1) is 0 Å². The van der Waals surface area contributed by atoms with Crippen LogP contribution in [0.4, 0.5) is 4.39 Å². The first-order valence-corrected chi connectivity index (χ1v) is 6.65.